The molecule has 1 heterocycles. The molecule has 0 saturated heterocycles. The number of aromatic hydroxyl groups is 1. The normalized spacial score (nSPS) is 10.7. The number of nitrogens with one attached hydrogen (secondary N) is 2. The number of benzene rings is 1. The first-order valence-electron chi connectivity index (χ1n) is 6.61. The maximum atomic E-state index is 10.1. The van der Waals surface area contributed by atoms with E-state index in [1.165, 1.54) is 18.0 Å². The number of phenolic OH excluding ortho intramolecular Hbond substituents is 1. The van der Waals surface area contributed by atoms with Gasteiger partial charge >= 0.3 is 0 Å². The van der Waals surface area contributed by atoms with Crippen LogP contribution in [0.3, 0.4) is 0 Å². The Morgan fingerprint density at radius 1 is 1.36 bits per heavy atom. The molecule has 0 radical (unpaired) electrons. The van der Waals surface area contributed by atoms with Gasteiger partial charge in [-0.25, -0.2) is 10.5 Å². The Labute approximate surface area is 133 Å². The van der Waals surface area contributed by atoms with E-state index in [2.05, 4.69) is 38.9 Å². The molecule has 0 fully saturated rings. The summed E-state index contributed by atoms with van der Waals surface area (Å²) in [5, 5.41) is 21.5. The maximum Gasteiger partial charge on any atom is 0.240 e. The summed E-state index contributed by atoms with van der Waals surface area (Å²) in [4.78, 5) is 4.20. The van der Waals surface area contributed by atoms with Crippen LogP contribution in [0.5, 0.6) is 5.75 Å². The highest BCUT2D eigenvalue weighted by Crippen LogP contribution is 2.21. The van der Waals surface area contributed by atoms with E-state index in [1.807, 2.05) is 12.1 Å². The van der Waals surface area contributed by atoms with Gasteiger partial charge in [-0.3, -0.25) is 0 Å². The average molecular weight is 315 g/mol. The number of nitrogens with zero attached hydrogens (tertiary/aromatic N) is 3. The third kappa shape index (κ3) is 4.23. The monoisotopic (exact) mass is 315 g/mol. The molecule has 114 valence electrons. The minimum Gasteiger partial charge on any atom is -0.507 e. The minimum absolute atomic E-state index is 0.202. The first-order chi connectivity index (χ1) is 10.7. The molecule has 6 nitrogen and oxygen atoms in total. The summed E-state index contributed by atoms with van der Waals surface area (Å²) in [5.74, 6) is 1.38. The number of aromatic amines is 1. The number of hydrazone groups is 1. The largest absolute Gasteiger partial charge is 0.507 e. The smallest absolute Gasteiger partial charge is 0.240 e. The molecule has 0 amide bonds. The molecular weight excluding hydrogens is 298 g/mol. The van der Waals surface area contributed by atoms with E-state index in [0.717, 1.165) is 11.3 Å². The fourth-order valence-electron chi connectivity index (χ4n) is 1.69. The minimum atomic E-state index is 0.202. The number of anilines is 1. The Bertz CT molecular complexity index is 680. The summed E-state index contributed by atoms with van der Waals surface area (Å²) in [6.45, 7) is 7.31. The third-order valence-electron chi connectivity index (χ3n) is 2.68. The molecule has 0 aliphatic heterocycles. The summed E-state index contributed by atoms with van der Waals surface area (Å²) >= 11 is 1.47. The van der Waals surface area contributed by atoms with Crippen LogP contribution in [0.2, 0.25) is 0 Å². The highest BCUT2D eigenvalue weighted by atomic mass is 32.2. The molecule has 2 rings (SSSR count). The van der Waals surface area contributed by atoms with Gasteiger partial charge in [0, 0.05) is 11.3 Å². The number of rotatable bonds is 8. The highest BCUT2D eigenvalue weighted by Gasteiger charge is 2.04. The van der Waals surface area contributed by atoms with Crippen molar-refractivity contribution >= 4 is 23.9 Å². The van der Waals surface area contributed by atoms with Gasteiger partial charge in [-0.2, -0.15) is 10.1 Å². The van der Waals surface area contributed by atoms with E-state index < -0.39 is 0 Å². The number of phenols is 1. The number of allylic oxidation sites excluding steroid dienone is 1. The van der Waals surface area contributed by atoms with Crippen LogP contribution in [-0.4, -0.2) is 32.3 Å². The number of H-pyrrole nitrogens is 1. The zero-order valence-electron chi connectivity index (χ0n) is 12.0. The number of hydrogen-bond donors (Lipinski definition) is 3. The first-order valence-corrected chi connectivity index (χ1v) is 7.60. The molecule has 1 aromatic carbocycles. The molecule has 0 aliphatic rings. The van der Waals surface area contributed by atoms with Gasteiger partial charge in [0.25, 0.3) is 0 Å². The van der Waals surface area contributed by atoms with E-state index in [-0.39, 0.29) is 5.75 Å². The Morgan fingerprint density at radius 3 is 3.00 bits per heavy atom. The molecular formula is C15H17N5OS. The van der Waals surface area contributed by atoms with Crippen molar-refractivity contribution in [2.24, 2.45) is 5.10 Å². The lowest BCUT2D eigenvalue weighted by Crippen LogP contribution is -1.94. The van der Waals surface area contributed by atoms with Crippen molar-refractivity contribution in [2.45, 2.75) is 11.6 Å². The zero-order chi connectivity index (χ0) is 15.8. The van der Waals surface area contributed by atoms with E-state index in [1.54, 1.807) is 18.2 Å². The van der Waals surface area contributed by atoms with Gasteiger partial charge in [-0.05, 0) is 18.1 Å². The number of hydrogen-bond acceptors (Lipinski definition) is 6. The van der Waals surface area contributed by atoms with Gasteiger partial charge in [-0.1, -0.05) is 36.0 Å². The second kappa shape index (κ2) is 8.04. The SMILES string of the molecule is C=CCSc1n[nH]c(NN=Cc2cccc(CC=C)c2O)n1. The predicted molar refractivity (Wildman–Crippen MR) is 90.5 cm³/mol. The molecule has 0 bridgehead atoms. The first kappa shape index (κ1) is 15.8. The van der Waals surface area contributed by atoms with Gasteiger partial charge in [0.2, 0.25) is 11.1 Å². The highest BCUT2D eigenvalue weighted by molar-refractivity contribution is 7.99. The Kier molecular flexibility index (Phi) is 5.79. The fraction of sp³-hybridized carbons (Fsp3) is 0.133. The Balaban J connectivity index is 2.00. The van der Waals surface area contributed by atoms with Crippen molar-refractivity contribution in [1.82, 2.24) is 15.2 Å². The van der Waals surface area contributed by atoms with Crippen LogP contribution in [0.4, 0.5) is 5.95 Å². The number of aromatic nitrogens is 3. The van der Waals surface area contributed by atoms with Gasteiger partial charge in [-0.15, -0.1) is 18.3 Å². The average Bonchev–Trinajstić information content (AvgIpc) is 2.97. The van der Waals surface area contributed by atoms with Crippen molar-refractivity contribution in [3.63, 3.8) is 0 Å². The van der Waals surface area contributed by atoms with Crippen LogP contribution >= 0.6 is 11.8 Å². The summed E-state index contributed by atoms with van der Waals surface area (Å²) in [7, 11) is 0. The summed E-state index contributed by atoms with van der Waals surface area (Å²) in [6.07, 6.45) is 5.66. The van der Waals surface area contributed by atoms with Crippen molar-refractivity contribution in [1.29, 1.82) is 0 Å². The standard InChI is InChI=1S/C15H17N5OS/c1-3-6-11-7-5-8-12(13(11)21)10-16-18-14-17-15(20-19-14)22-9-4-2/h3-5,7-8,10,21H,1-2,6,9H2,(H2,17,18,19,20). The summed E-state index contributed by atoms with van der Waals surface area (Å²) < 4.78 is 0. The lowest BCUT2D eigenvalue weighted by Gasteiger charge is -2.04. The molecule has 0 saturated carbocycles. The van der Waals surface area contributed by atoms with Crippen LogP contribution in [-0.2, 0) is 6.42 Å². The summed E-state index contributed by atoms with van der Waals surface area (Å²) in [5.41, 5.74) is 4.16. The van der Waals surface area contributed by atoms with E-state index in [0.29, 0.717) is 23.1 Å². The molecule has 22 heavy (non-hydrogen) atoms. The van der Waals surface area contributed by atoms with Crippen molar-refractivity contribution < 1.29 is 5.11 Å². The van der Waals surface area contributed by atoms with Crippen LogP contribution in [0.25, 0.3) is 0 Å². The Hall–Kier alpha value is -2.54. The lowest BCUT2D eigenvalue weighted by molar-refractivity contribution is 0.469. The molecule has 3 N–H and O–H groups in total. The topological polar surface area (TPSA) is 86.2 Å². The van der Waals surface area contributed by atoms with Crippen molar-refractivity contribution in [3.05, 3.63) is 54.6 Å². The van der Waals surface area contributed by atoms with E-state index >= 15 is 0 Å². The zero-order valence-corrected chi connectivity index (χ0v) is 12.8. The van der Waals surface area contributed by atoms with E-state index in [9.17, 15) is 5.11 Å². The summed E-state index contributed by atoms with van der Waals surface area (Å²) in [6, 6.07) is 5.48. The van der Waals surface area contributed by atoms with Crippen LogP contribution in [0.15, 0.2) is 53.8 Å². The quantitative estimate of drug-likeness (QED) is 0.302. The second-order valence-electron chi connectivity index (χ2n) is 4.28. The third-order valence-corrected chi connectivity index (χ3v) is 3.53. The van der Waals surface area contributed by atoms with Gasteiger partial charge in [0.15, 0.2) is 0 Å². The van der Waals surface area contributed by atoms with Crippen molar-refractivity contribution in [2.75, 3.05) is 11.2 Å². The van der Waals surface area contributed by atoms with Crippen LogP contribution in [0.1, 0.15) is 11.1 Å². The number of para-hydroxylation sites is 1. The lowest BCUT2D eigenvalue weighted by atomic mass is 10.1. The molecule has 0 aliphatic carbocycles. The molecule has 0 unspecified atom stereocenters. The Morgan fingerprint density at radius 2 is 2.23 bits per heavy atom. The van der Waals surface area contributed by atoms with E-state index in [4.69, 9.17) is 0 Å². The second-order valence-corrected chi connectivity index (χ2v) is 5.27. The molecule has 0 spiro atoms. The van der Waals surface area contributed by atoms with Crippen LogP contribution < -0.4 is 5.43 Å². The van der Waals surface area contributed by atoms with Gasteiger partial charge in [0.05, 0.1) is 6.21 Å². The molecule has 2 aromatic rings. The predicted octanol–water partition coefficient (Wildman–Crippen LogP) is 2.96. The van der Waals surface area contributed by atoms with Crippen molar-refractivity contribution in [3.8, 4) is 5.75 Å². The van der Waals surface area contributed by atoms with Crippen LogP contribution in [0, 0.1) is 0 Å². The van der Waals surface area contributed by atoms with Gasteiger partial charge in [0.1, 0.15) is 5.75 Å². The number of thioether (sulfide) groups is 1. The molecule has 0 atom stereocenters. The fourth-order valence-corrected chi connectivity index (χ4v) is 2.23. The molecule has 7 heteroatoms. The maximum absolute atomic E-state index is 10.1. The molecule has 1 aromatic heterocycles. The van der Waals surface area contributed by atoms with Gasteiger partial charge < -0.3 is 5.11 Å².